The Balaban J connectivity index is 2.04. The van der Waals surface area contributed by atoms with Crippen LogP contribution in [-0.2, 0) is 6.42 Å². The highest BCUT2D eigenvalue weighted by Gasteiger charge is 1.91. The van der Waals surface area contributed by atoms with Gasteiger partial charge in [-0.25, -0.2) is 0 Å². The number of aromatic amines is 1. The van der Waals surface area contributed by atoms with E-state index in [0.717, 1.165) is 6.54 Å². The molecule has 0 aliphatic rings. The number of unbranched alkanes of at least 4 members (excludes halogenated alkanes) is 1. The van der Waals surface area contributed by atoms with Gasteiger partial charge in [0.2, 0.25) is 0 Å². The van der Waals surface area contributed by atoms with Crippen molar-refractivity contribution in [3.8, 4) is 0 Å². The molecule has 11 heavy (non-hydrogen) atoms. The van der Waals surface area contributed by atoms with Crippen LogP contribution in [0.5, 0.6) is 0 Å². The van der Waals surface area contributed by atoms with Crippen LogP contribution in [0.4, 0.5) is 0 Å². The molecular weight excluding hydrogens is 136 g/mol. The van der Waals surface area contributed by atoms with Gasteiger partial charge in [-0.2, -0.15) is 0 Å². The van der Waals surface area contributed by atoms with Gasteiger partial charge in [0, 0.05) is 11.9 Å². The van der Waals surface area contributed by atoms with E-state index in [0.29, 0.717) is 0 Å². The van der Waals surface area contributed by atoms with Gasteiger partial charge in [-0.05, 0) is 45.0 Å². The molecule has 0 saturated carbocycles. The Morgan fingerprint density at radius 3 is 3.00 bits per heavy atom. The molecule has 0 aliphatic carbocycles. The minimum atomic E-state index is 1.13. The lowest BCUT2D eigenvalue weighted by Gasteiger charge is -1.97. The van der Waals surface area contributed by atoms with Crippen LogP contribution >= 0.6 is 0 Å². The zero-order chi connectivity index (χ0) is 7.94. The minimum absolute atomic E-state index is 1.13. The summed E-state index contributed by atoms with van der Waals surface area (Å²) in [5.74, 6) is 0. The Kier molecular flexibility index (Phi) is 3.76. The van der Waals surface area contributed by atoms with Crippen molar-refractivity contribution >= 4 is 0 Å². The van der Waals surface area contributed by atoms with E-state index < -0.39 is 0 Å². The molecule has 0 aromatic carbocycles. The summed E-state index contributed by atoms with van der Waals surface area (Å²) in [6, 6.07) is 4.19. The van der Waals surface area contributed by atoms with Crippen molar-refractivity contribution in [2.24, 2.45) is 0 Å². The van der Waals surface area contributed by atoms with Crippen LogP contribution in [0.15, 0.2) is 18.3 Å². The Morgan fingerprint density at radius 1 is 1.45 bits per heavy atom. The van der Waals surface area contributed by atoms with Crippen molar-refractivity contribution in [3.05, 3.63) is 24.0 Å². The zero-order valence-corrected chi connectivity index (χ0v) is 7.06. The molecule has 1 rings (SSSR count). The van der Waals surface area contributed by atoms with Gasteiger partial charge in [0.05, 0.1) is 0 Å². The van der Waals surface area contributed by atoms with E-state index in [4.69, 9.17) is 0 Å². The maximum Gasteiger partial charge on any atom is 0.0147 e. The number of aryl methyl sites for hydroxylation is 1. The van der Waals surface area contributed by atoms with Crippen LogP contribution in [0.25, 0.3) is 0 Å². The fraction of sp³-hybridized carbons (Fsp3) is 0.556. The van der Waals surface area contributed by atoms with Gasteiger partial charge in [0.1, 0.15) is 0 Å². The average Bonchev–Trinajstić information content (AvgIpc) is 2.50. The summed E-state index contributed by atoms with van der Waals surface area (Å²) in [4.78, 5) is 3.19. The Labute approximate surface area is 68.0 Å². The molecule has 0 atom stereocenters. The molecule has 0 amide bonds. The second-order valence-corrected chi connectivity index (χ2v) is 2.76. The first kappa shape index (κ1) is 8.34. The maximum absolute atomic E-state index is 3.19. The summed E-state index contributed by atoms with van der Waals surface area (Å²) in [7, 11) is 1.99. The first-order valence-electron chi connectivity index (χ1n) is 4.20. The van der Waals surface area contributed by atoms with Crippen molar-refractivity contribution in [1.29, 1.82) is 0 Å². The summed E-state index contributed by atoms with van der Waals surface area (Å²) in [5.41, 5.74) is 1.35. The topological polar surface area (TPSA) is 27.8 Å². The standard InChI is InChI=1S/C9H16N2/c1-10-7-3-2-5-9-6-4-8-11-9/h4,6,8,10-11H,2-3,5,7H2,1H3. The van der Waals surface area contributed by atoms with Crippen LogP contribution in [0, 0.1) is 0 Å². The molecule has 2 N–H and O–H groups in total. The normalized spacial score (nSPS) is 10.3. The first-order valence-corrected chi connectivity index (χ1v) is 4.20. The first-order chi connectivity index (χ1) is 5.43. The van der Waals surface area contributed by atoms with Crippen molar-refractivity contribution in [2.75, 3.05) is 13.6 Å². The second kappa shape index (κ2) is 4.97. The molecule has 1 heterocycles. The van der Waals surface area contributed by atoms with Crippen LogP contribution in [0.2, 0.25) is 0 Å². The van der Waals surface area contributed by atoms with Gasteiger partial charge in [-0.15, -0.1) is 0 Å². The highest BCUT2D eigenvalue weighted by Crippen LogP contribution is 2.00. The molecule has 0 fully saturated rings. The van der Waals surface area contributed by atoms with Crippen molar-refractivity contribution < 1.29 is 0 Å². The molecule has 0 saturated heterocycles. The Bertz CT molecular complexity index is 168. The molecule has 1 aromatic heterocycles. The third-order valence-corrected chi connectivity index (χ3v) is 1.79. The molecule has 0 bridgehead atoms. The lowest BCUT2D eigenvalue weighted by molar-refractivity contribution is 0.672. The summed E-state index contributed by atoms with van der Waals surface area (Å²) in [6.45, 7) is 1.13. The van der Waals surface area contributed by atoms with E-state index in [9.17, 15) is 0 Å². The number of hydrogen-bond acceptors (Lipinski definition) is 1. The third-order valence-electron chi connectivity index (χ3n) is 1.79. The van der Waals surface area contributed by atoms with Gasteiger partial charge < -0.3 is 10.3 Å². The highest BCUT2D eigenvalue weighted by atomic mass is 14.8. The minimum Gasteiger partial charge on any atom is -0.365 e. The predicted octanol–water partition coefficient (Wildman–Crippen LogP) is 1.56. The van der Waals surface area contributed by atoms with E-state index in [-0.39, 0.29) is 0 Å². The summed E-state index contributed by atoms with van der Waals surface area (Å²) >= 11 is 0. The van der Waals surface area contributed by atoms with E-state index in [1.54, 1.807) is 0 Å². The number of hydrogen-bond donors (Lipinski definition) is 2. The molecule has 0 aliphatic heterocycles. The number of nitrogens with one attached hydrogen (secondary N) is 2. The monoisotopic (exact) mass is 152 g/mol. The predicted molar refractivity (Wildman–Crippen MR) is 47.7 cm³/mol. The molecule has 0 unspecified atom stereocenters. The van der Waals surface area contributed by atoms with Gasteiger partial charge in [-0.1, -0.05) is 0 Å². The largest absolute Gasteiger partial charge is 0.365 e. The molecule has 0 spiro atoms. The van der Waals surface area contributed by atoms with Gasteiger partial charge in [0.25, 0.3) is 0 Å². The van der Waals surface area contributed by atoms with Crippen molar-refractivity contribution in [3.63, 3.8) is 0 Å². The zero-order valence-electron chi connectivity index (χ0n) is 7.06. The quantitative estimate of drug-likeness (QED) is 0.616. The van der Waals surface area contributed by atoms with E-state index in [2.05, 4.69) is 16.4 Å². The van der Waals surface area contributed by atoms with Gasteiger partial charge in [0.15, 0.2) is 0 Å². The van der Waals surface area contributed by atoms with Gasteiger partial charge >= 0.3 is 0 Å². The SMILES string of the molecule is CNCCCCc1ccc[nH]1. The van der Waals surface area contributed by atoms with E-state index >= 15 is 0 Å². The smallest absolute Gasteiger partial charge is 0.0147 e. The Hall–Kier alpha value is -0.760. The highest BCUT2D eigenvalue weighted by molar-refractivity contribution is 5.03. The number of H-pyrrole nitrogens is 1. The molecule has 1 aromatic rings. The van der Waals surface area contributed by atoms with Crippen LogP contribution in [-0.4, -0.2) is 18.6 Å². The maximum atomic E-state index is 3.19. The average molecular weight is 152 g/mol. The Morgan fingerprint density at radius 2 is 2.36 bits per heavy atom. The molecule has 2 heteroatoms. The molecule has 62 valence electrons. The van der Waals surface area contributed by atoms with E-state index in [1.165, 1.54) is 25.0 Å². The molecular formula is C9H16N2. The van der Waals surface area contributed by atoms with Crippen molar-refractivity contribution in [2.45, 2.75) is 19.3 Å². The summed E-state index contributed by atoms with van der Waals surface area (Å²) in [6.07, 6.45) is 5.68. The molecule has 2 nitrogen and oxygen atoms in total. The van der Waals surface area contributed by atoms with Crippen molar-refractivity contribution in [1.82, 2.24) is 10.3 Å². The van der Waals surface area contributed by atoms with Crippen LogP contribution < -0.4 is 5.32 Å². The van der Waals surface area contributed by atoms with Gasteiger partial charge in [-0.3, -0.25) is 0 Å². The molecule has 0 radical (unpaired) electrons. The number of aromatic nitrogens is 1. The lowest BCUT2D eigenvalue weighted by Crippen LogP contribution is -2.07. The third kappa shape index (κ3) is 3.23. The second-order valence-electron chi connectivity index (χ2n) is 2.76. The lowest BCUT2D eigenvalue weighted by atomic mass is 10.2. The fourth-order valence-electron chi connectivity index (χ4n) is 1.14. The summed E-state index contributed by atoms with van der Waals surface area (Å²) in [5, 5.41) is 3.14. The summed E-state index contributed by atoms with van der Waals surface area (Å²) < 4.78 is 0. The fourth-order valence-corrected chi connectivity index (χ4v) is 1.14. The number of rotatable bonds is 5. The van der Waals surface area contributed by atoms with Crippen LogP contribution in [0.3, 0.4) is 0 Å². The van der Waals surface area contributed by atoms with E-state index in [1.807, 2.05) is 19.3 Å². The van der Waals surface area contributed by atoms with Crippen LogP contribution in [0.1, 0.15) is 18.5 Å².